The first kappa shape index (κ1) is 11.0. The molecule has 3 heteroatoms. The maximum Gasteiger partial charge on any atom is 0.260 e. The van der Waals surface area contributed by atoms with Crippen molar-refractivity contribution in [3.63, 3.8) is 0 Å². The molecular formula is C15H14N2O. The summed E-state index contributed by atoms with van der Waals surface area (Å²) in [6.45, 7) is 2.76. The van der Waals surface area contributed by atoms with Gasteiger partial charge in [0.1, 0.15) is 0 Å². The van der Waals surface area contributed by atoms with Crippen LogP contribution in [0.25, 0.3) is 0 Å². The maximum atomic E-state index is 12.2. The quantitative estimate of drug-likeness (QED) is 0.806. The van der Waals surface area contributed by atoms with Gasteiger partial charge in [-0.3, -0.25) is 9.78 Å². The highest BCUT2D eigenvalue weighted by atomic mass is 16.2. The normalized spacial score (nSPS) is 13.8. The van der Waals surface area contributed by atoms with Crippen LogP contribution in [0.1, 0.15) is 28.4 Å². The lowest BCUT2D eigenvalue weighted by molar-refractivity contribution is 0.0996. The second-order valence-corrected chi connectivity index (χ2v) is 4.44. The number of hydrogen-bond donors (Lipinski definition) is 0. The molecule has 0 radical (unpaired) electrons. The lowest BCUT2D eigenvalue weighted by Crippen LogP contribution is -2.22. The van der Waals surface area contributed by atoms with E-state index in [1.54, 1.807) is 17.3 Å². The molecule has 0 unspecified atom stereocenters. The van der Waals surface area contributed by atoms with Crippen LogP contribution in [0.3, 0.4) is 0 Å². The van der Waals surface area contributed by atoms with Gasteiger partial charge in [-0.1, -0.05) is 19.1 Å². The highest BCUT2D eigenvalue weighted by Gasteiger charge is 2.28. The number of aromatic nitrogens is 1. The molecule has 0 atom stereocenters. The van der Waals surface area contributed by atoms with Gasteiger partial charge in [-0.25, -0.2) is 0 Å². The van der Waals surface area contributed by atoms with Crippen molar-refractivity contribution in [1.82, 2.24) is 4.98 Å². The van der Waals surface area contributed by atoms with Gasteiger partial charge in [-0.2, -0.15) is 0 Å². The van der Waals surface area contributed by atoms with Gasteiger partial charge >= 0.3 is 0 Å². The Morgan fingerprint density at radius 3 is 2.67 bits per heavy atom. The molecule has 1 aromatic carbocycles. The van der Waals surface area contributed by atoms with Crippen LogP contribution in [-0.2, 0) is 13.0 Å². The van der Waals surface area contributed by atoms with Crippen molar-refractivity contribution in [3.05, 3.63) is 59.4 Å². The number of benzene rings is 1. The van der Waals surface area contributed by atoms with Crippen LogP contribution in [0, 0.1) is 0 Å². The van der Waals surface area contributed by atoms with E-state index in [-0.39, 0.29) is 5.91 Å². The lowest BCUT2D eigenvalue weighted by atomic mass is 10.1. The first-order valence-corrected chi connectivity index (χ1v) is 6.13. The van der Waals surface area contributed by atoms with Crippen LogP contribution in [-0.4, -0.2) is 10.9 Å². The summed E-state index contributed by atoms with van der Waals surface area (Å²) in [6.07, 6.45) is 4.40. The van der Waals surface area contributed by atoms with E-state index in [0.29, 0.717) is 6.54 Å². The lowest BCUT2D eigenvalue weighted by Gasteiger charge is -2.15. The highest BCUT2D eigenvalue weighted by Crippen LogP contribution is 2.27. The number of fused-ring (bicyclic) bond motifs is 1. The van der Waals surface area contributed by atoms with E-state index >= 15 is 0 Å². The summed E-state index contributed by atoms with van der Waals surface area (Å²) < 4.78 is 0. The monoisotopic (exact) mass is 238 g/mol. The third kappa shape index (κ3) is 1.68. The number of anilines is 1. The van der Waals surface area contributed by atoms with Crippen molar-refractivity contribution >= 4 is 11.6 Å². The summed E-state index contributed by atoms with van der Waals surface area (Å²) in [5.41, 5.74) is 4.00. The van der Waals surface area contributed by atoms with Gasteiger partial charge in [-0.05, 0) is 35.7 Å². The molecule has 0 saturated carbocycles. The van der Waals surface area contributed by atoms with Crippen molar-refractivity contribution in [2.45, 2.75) is 19.9 Å². The fourth-order valence-corrected chi connectivity index (χ4v) is 2.26. The van der Waals surface area contributed by atoms with Crippen LogP contribution in [0.4, 0.5) is 5.69 Å². The van der Waals surface area contributed by atoms with Crippen LogP contribution in [0.15, 0.2) is 42.7 Å². The van der Waals surface area contributed by atoms with Crippen LogP contribution in [0.2, 0.25) is 0 Å². The third-order valence-corrected chi connectivity index (χ3v) is 3.37. The maximum absolute atomic E-state index is 12.2. The average molecular weight is 238 g/mol. The zero-order valence-electron chi connectivity index (χ0n) is 10.3. The molecule has 18 heavy (non-hydrogen) atoms. The Kier molecular flexibility index (Phi) is 2.59. The average Bonchev–Trinajstić information content (AvgIpc) is 2.77. The number of hydrogen-bond acceptors (Lipinski definition) is 2. The number of pyridine rings is 1. The topological polar surface area (TPSA) is 33.2 Å². The number of aryl methyl sites for hydroxylation is 1. The van der Waals surface area contributed by atoms with Gasteiger partial charge in [0.2, 0.25) is 0 Å². The first-order chi connectivity index (χ1) is 8.79. The zero-order chi connectivity index (χ0) is 12.5. The Hall–Kier alpha value is -2.16. The van der Waals surface area contributed by atoms with Crippen molar-refractivity contribution in [1.29, 1.82) is 0 Å². The van der Waals surface area contributed by atoms with Gasteiger partial charge in [-0.15, -0.1) is 0 Å². The third-order valence-electron chi connectivity index (χ3n) is 3.37. The minimum Gasteiger partial charge on any atom is -0.304 e. The summed E-state index contributed by atoms with van der Waals surface area (Å²) in [4.78, 5) is 18.0. The number of rotatable bonds is 2. The molecular weight excluding hydrogens is 224 g/mol. The summed E-state index contributed by atoms with van der Waals surface area (Å²) in [5, 5.41) is 0. The largest absolute Gasteiger partial charge is 0.304 e. The van der Waals surface area contributed by atoms with E-state index in [4.69, 9.17) is 0 Å². The van der Waals surface area contributed by atoms with Gasteiger partial charge < -0.3 is 4.90 Å². The van der Waals surface area contributed by atoms with Gasteiger partial charge in [0.15, 0.2) is 0 Å². The fraction of sp³-hybridized carbons (Fsp3) is 0.200. The molecule has 90 valence electrons. The predicted molar refractivity (Wildman–Crippen MR) is 70.6 cm³/mol. The number of carbonyl (C=O) groups is 1. The van der Waals surface area contributed by atoms with Crippen molar-refractivity contribution < 1.29 is 4.79 Å². The molecule has 2 aromatic rings. The van der Waals surface area contributed by atoms with Crippen molar-refractivity contribution in [2.24, 2.45) is 0 Å². The molecule has 0 N–H and O–H groups in total. The van der Waals surface area contributed by atoms with E-state index in [9.17, 15) is 4.79 Å². The zero-order valence-corrected chi connectivity index (χ0v) is 10.3. The van der Waals surface area contributed by atoms with E-state index in [1.807, 2.05) is 18.2 Å². The minimum absolute atomic E-state index is 0.0438. The Morgan fingerprint density at radius 2 is 2.00 bits per heavy atom. The summed E-state index contributed by atoms with van der Waals surface area (Å²) >= 11 is 0. The Morgan fingerprint density at radius 1 is 1.22 bits per heavy atom. The standard InChI is InChI=1S/C15H14N2O/c1-2-11-3-5-13(6-4-11)17-10-12-7-8-16-9-14(12)15(17)18/h3-9H,2,10H2,1H3. The number of amides is 1. The van der Waals surface area contributed by atoms with Crippen LogP contribution in [0.5, 0.6) is 0 Å². The van der Waals surface area contributed by atoms with Crippen LogP contribution >= 0.6 is 0 Å². The summed E-state index contributed by atoms with van der Waals surface area (Å²) in [5.74, 6) is 0.0438. The molecule has 0 saturated heterocycles. The molecule has 0 spiro atoms. The molecule has 0 fully saturated rings. The van der Waals surface area contributed by atoms with Crippen LogP contribution < -0.4 is 4.90 Å². The summed E-state index contributed by atoms with van der Waals surface area (Å²) in [7, 11) is 0. The predicted octanol–water partition coefficient (Wildman–Crippen LogP) is 2.80. The van der Waals surface area contributed by atoms with Crippen molar-refractivity contribution in [3.8, 4) is 0 Å². The number of carbonyl (C=O) groups excluding carboxylic acids is 1. The Balaban J connectivity index is 1.93. The Bertz CT molecular complexity index is 590. The SMILES string of the molecule is CCc1ccc(N2Cc3ccncc3C2=O)cc1. The molecule has 1 aliphatic heterocycles. The molecule has 1 aromatic heterocycles. The number of nitrogens with zero attached hydrogens (tertiary/aromatic N) is 2. The molecule has 3 rings (SSSR count). The highest BCUT2D eigenvalue weighted by molar-refractivity contribution is 6.09. The van der Waals surface area contributed by atoms with Gasteiger partial charge in [0.05, 0.1) is 12.1 Å². The molecule has 0 bridgehead atoms. The second-order valence-electron chi connectivity index (χ2n) is 4.44. The van der Waals surface area contributed by atoms with Gasteiger partial charge in [0.25, 0.3) is 5.91 Å². The smallest absolute Gasteiger partial charge is 0.260 e. The molecule has 1 aliphatic rings. The second kappa shape index (κ2) is 4.26. The van der Waals surface area contributed by atoms with Crippen molar-refractivity contribution in [2.75, 3.05) is 4.90 Å². The van der Waals surface area contributed by atoms with E-state index < -0.39 is 0 Å². The molecule has 0 aliphatic carbocycles. The molecule has 2 heterocycles. The minimum atomic E-state index is 0.0438. The Labute approximate surface area is 106 Å². The summed E-state index contributed by atoms with van der Waals surface area (Å²) in [6, 6.07) is 10.1. The first-order valence-electron chi connectivity index (χ1n) is 6.13. The van der Waals surface area contributed by atoms with E-state index in [1.165, 1.54) is 5.56 Å². The molecule has 1 amide bonds. The van der Waals surface area contributed by atoms with E-state index in [2.05, 4.69) is 24.0 Å². The molecule has 3 nitrogen and oxygen atoms in total. The van der Waals surface area contributed by atoms with Gasteiger partial charge in [0, 0.05) is 18.1 Å². The van der Waals surface area contributed by atoms with E-state index in [0.717, 1.165) is 23.2 Å². The fourth-order valence-electron chi connectivity index (χ4n) is 2.26.